The quantitative estimate of drug-likeness (QED) is 0.774. The number of nitrogens with one attached hydrogen (secondary N) is 1. The molecular formula is C13H22N2. The molecule has 2 heteroatoms. The van der Waals surface area contributed by atoms with Crippen molar-refractivity contribution in [1.29, 1.82) is 0 Å². The Hall–Kier alpha value is -0.890. The van der Waals surface area contributed by atoms with Crippen LogP contribution in [0, 0.1) is 5.92 Å². The zero-order valence-corrected chi connectivity index (χ0v) is 10.0. The summed E-state index contributed by atoms with van der Waals surface area (Å²) in [6, 6.07) is 6.66. The van der Waals surface area contributed by atoms with E-state index in [-0.39, 0.29) is 0 Å². The summed E-state index contributed by atoms with van der Waals surface area (Å²) in [6.07, 6.45) is 4.08. The zero-order valence-electron chi connectivity index (χ0n) is 10.0. The lowest BCUT2D eigenvalue weighted by atomic mass is 9.99. The summed E-state index contributed by atoms with van der Waals surface area (Å²) in [4.78, 5) is 4.37. The van der Waals surface area contributed by atoms with Crippen LogP contribution in [0.4, 0.5) is 0 Å². The second kappa shape index (κ2) is 6.57. The van der Waals surface area contributed by atoms with Crippen LogP contribution >= 0.6 is 0 Å². The lowest BCUT2D eigenvalue weighted by Crippen LogP contribution is -2.36. The molecule has 0 fully saturated rings. The highest BCUT2D eigenvalue weighted by Gasteiger charge is 2.13. The standard InChI is InChI=1S/C13H22N2/c1-4-8-15-13(11(2)3)10-12-7-5-6-9-14-12/h5-7,9,11,13,15H,4,8,10H2,1-3H3. The first-order valence-electron chi connectivity index (χ1n) is 5.87. The van der Waals surface area contributed by atoms with Gasteiger partial charge < -0.3 is 5.32 Å². The zero-order chi connectivity index (χ0) is 11.1. The van der Waals surface area contributed by atoms with Crippen molar-refractivity contribution < 1.29 is 0 Å². The van der Waals surface area contributed by atoms with Gasteiger partial charge in [0.05, 0.1) is 0 Å². The summed E-state index contributed by atoms with van der Waals surface area (Å²) in [5.41, 5.74) is 1.18. The largest absolute Gasteiger partial charge is 0.313 e. The van der Waals surface area contributed by atoms with Crippen molar-refractivity contribution in [2.45, 2.75) is 39.7 Å². The van der Waals surface area contributed by atoms with Crippen LogP contribution in [0.1, 0.15) is 32.9 Å². The lowest BCUT2D eigenvalue weighted by molar-refractivity contribution is 0.394. The summed E-state index contributed by atoms with van der Waals surface area (Å²) < 4.78 is 0. The number of nitrogens with zero attached hydrogens (tertiary/aromatic N) is 1. The van der Waals surface area contributed by atoms with E-state index in [2.05, 4.69) is 43.2 Å². The van der Waals surface area contributed by atoms with E-state index in [1.165, 1.54) is 12.1 Å². The Morgan fingerprint density at radius 2 is 2.13 bits per heavy atom. The fourth-order valence-electron chi connectivity index (χ4n) is 1.62. The SMILES string of the molecule is CCCNC(Cc1ccccn1)C(C)C. The van der Waals surface area contributed by atoms with E-state index in [9.17, 15) is 0 Å². The maximum Gasteiger partial charge on any atom is 0.0419 e. The van der Waals surface area contributed by atoms with Crippen molar-refractivity contribution in [3.05, 3.63) is 30.1 Å². The maximum atomic E-state index is 4.37. The van der Waals surface area contributed by atoms with Crippen molar-refractivity contribution in [2.75, 3.05) is 6.54 Å². The average molecular weight is 206 g/mol. The first-order chi connectivity index (χ1) is 7.24. The Morgan fingerprint density at radius 3 is 2.67 bits per heavy atom. The summed E-state index contributed by atoms with van der Waals surface area (Å²) in [5, 5.41) is 3.58. The molecule has 15 heavy (non-hydrogen) atoms. The number of pyridine rings is 1. The van der Waals surface area contributed by atoms with Crippen LogP contribution in [0.25, 0.3) is 0 Å². The molecule has 1 unspecified atom stereocenters. The number of rotatable bonds is 6. The second-order valence-electron chi connectivity index (χ2n) is 4.33. The molecule has 0 spiro atoms. The Morgan fingerprint density at radius 1 is 1.33 bits per heavy atom. The summed E-state index contributed by atoms with van der Waals surface area (Å²) in [7, 11) is 0. The van der Waals surface area contributed by atoms with Crippen LogP contribution < -0.4 is 5.32 Å². The highest BCUT2D eigenvalue weighted by molar-refractivity contribution is 5.05. The van der Waals surface area contributed by atoms with Crippen molar-refractivity contribution in [3.63, 3.8) is 0 Å². The van der Waals surface area contributed by atoms with Crippen LogP contribution in [0.15, 0.2) is 24.4 Å². The van der Waals surface area contributed by atoms with Gasteiger partial charge in [-0.3, -0.25) is 4.98 Å². The third-order valence-corrected chi connectivity index (χ3v) is 2.62. The van der Waals surface area contributed by atoms with E-state index < -0.39 is 0 Å². The van der Waals surface area contributed by atoms with Crippen LogP contribution in [0.5, 0.6) is 0 Å². The minimum atomic E-state index is 0.542. The van der Waals surface area contributed by atoms with Crippen molar-refractivity contribution in [3.8, 4) is 0 Å². The smallest absolute Gasteiger partial charge is 0.0419 e. The van der Waals surface area contributed by atoms with Crippen molar-refractivity contribution in [2.24, 2.45) is 5.92 Å². The van der Waals surface area contributed by atoms with Gasteiger partial charge in [-0.15, -0.1) is 0 Å². The van der Waals surface area contributed by atoms with Gasteiger partial charge in [0.2, 0.25) is 0 Å². The predicted molar refractivity (Wildman–Crippen MR) is 64.9 cm³/mol. The van der Waals surface area contributed by atoms with Crippen molar-refractivity contribution >= 4 is 0 Å². The molecule has 1 atom stereocenters. The molecule has 0 aliphatic carbocycles. The molecule has 1 aromatic rings. The van der Waals surface area contributed by atoms with E-state index in [1.54, 1.807) is 0 Å². The molecule has 1 N–H and O–H groups in total. The van der Waals surface area contributed by atoms with Gasteiger partial charge in [-0.25, -0.2) is 0 Å². The third kappa shape index (κ3) is 4.43. The number of hydrogen-bond acceptors (Lipinski definition) is 2. The first-order valence-corrected chi connectivity index (χ1v) is 5.87. The first kappa shape index (κ1) is 12.2. The molecule has 2 nitrogen and oxygen atoms in total. The molecule has 1 rings (SSSR count). The monoisotopic (exact) mass is 206 g/mol. The fourth-order valence-corrected chi connectivity index (χ4v) is 1.62. The molecule has 84 valence electrons. The highest BCUT2D eigenvalue weighted by Crippen LogP contribution is 2.08. The lowest BCUT2D eigenvalue weighted by Gasteiger charge is -2.21. The molecule has 0 saturated carbocycles. The number of hydrogen-bond donors (Lipinski definition) is 1. The highest BCUT2D eigenvalue weighted by atomic mass is 14.9. The Balaban J connectivity index is 2.51. The molecule has 0 saturated heterocycles. The van der Waals surface area contributed by atoms with Gasteiger partial charge in [0, 0.05) is 24.4 Å². The van der Waals surface area contributed by atoms with E-state index in [1.807, 2.05) is 12.3 Å². The van der Waals surface area contributed by atoms with E-state index in [0.717, 1.165) is 13.0 Å². The normalized spacial score (nSPS) is 13.1. The van der Waals surface area contributed by atoms with Crippen LogP contribution in [0.2, 0.25) is 0 Å². The molecule has 1 aromatic heterocycles. The molecular weight excluding hydrogens is 184 g/mol. The molecule has 0 aliphatic heterocycles. The predicted octanol–water partition coefficient (Wildman–Crippen LogP) is 2.65. The Labute approximate surface area is 93.1 Å². The van der Waals surface area contributed by atoms with Gasteiger partial charge in [0.1, 0.15) is 0 Å². The topological polar surface area (TPSA) is 24.9 Å². The van der Waals surface area contributed by atoms with Gasteiger partial charge in [0.25, 0.3) is 0 Å². The Kier molecular flexibility index (Phi) is 5.33. The summed E-state index contributed by atoms with van der Waals surface area (Å²) in [5.74, 6) is 0.651. The Bertz CT molecular complexity index is 256. The minimum absolute atomic E-state index is 0.542. The van der Waals surface area contributed by atoms with Gasteiger partial charge >= 0.3 is 0 Å². The molecule has 0 aromatic carbocycles. The third-order valence-electron chi connectivity index (χ3n) is 2.62. The maximum absolute atomic E-state index is 4.37. The van der Waals surface area contributed by atoms with Gasteiger partial charge in [0.15, 0.2) is 0 Å². The fraction of sp³-hybridized carbons (Fsp3) is 0.615. The molecule has 0 bridgehead atoms. The summed E-state index contributed by atoms with van der Waals surface area (Å²) >= 11 is 0. The molecule has 0 aliphatic rings. The second-order valence-corrected chi connectivity index (χ2v) is 4.33. The van der Waals surface area contributed by atoms with Crippen molar-refractivity contribution in [1.82, 2.24) is 10.3 Å². The van der Waals surface area contributed by atoms with Gasteiger partial charge in [-0.1, -0.05) is 26.8 Å². The van der Waals surface area contributed by atoms with Crippen LogP contribution in [-0.4, -0.2) is 17.6 Å². The van der Waals surface area contributed by atoms with Crippen LogP contribution in [-0.2, 0) is 6.42 Å². The number of aromatic nitrogens is 1. The molecule has 1 heterocycles. The van der Waals surface area contributed by atoms with Crippen LogP contribution in [0.3, 0.4) is 0 Å². The minimum Gasteiger partial charge on any atom is -0.313 e. The molecule has 0 amide bonds. The van der Waals surface area contributed by atoms with Gasteiger partial charge in [-0.2, -0.15) is 0 Å². The van der Waals surface area contributed by atoms with E-state index in [4.69, 9.17) is 0 Å². The van der Waals surface area contributed by atoms with E-state index >= 15 is 0 Å². The molecule has 0 radical (unpaired) electrons. The average Bonchev–Trinajstić information content (AvgIpc) is 2.25. The van der Waals surface area contributed by atoms with E-state index in [0.29, 0.717) is 12.0 Å². The summed E-state index contributed by atoms with van der Waals surface area (Å²) in [6.45, 7) is 7.81. The van der Waals surface area contributed by atoms with Gasteiger partial charge in [-0.05, 0) is 31.0 Å².